The van der Waals surface area contributed by atoms with Crippen molar-refractivity contribution >= 4 is 29.6 Å². The van der Waals surface area contributed by atoms with Crippen molar-refractivity contribution in [2.75, 3.05) is 11.5 Å². The fourth-order valence-electron chi connectivity index (χ4n) is 2.46. The third-order valence-corrected chi connectivity index (χ3v) is 3.71. The first-order valence-corrected chi connectivity index (χ1v) is 7.83. The number of urea groups is 1. The Labute approximate surface area is 154 Å². The lowest BCUT2D eigenvalue weighted by Gasteiger charge is -2.26. The SMILES string of the molecule is C#CCOc1ccc(C=C2C(=O)NC(=O)N(c3ccccc3F)C2=O)cc1. The van der Waals surface area contributed by atoms with E-state index in [0.717, 1.165) is 6.07 Å². The van der Waals surface area contributed by atoms with Crippen molar-refractivity contribution in [2.24, 2.45) is 0 Å². The zero-order valence-electron chi connectivity index (χ0n) is 13.9. The van der Waals surface area contributed by atoms with Gasteiger partial charge < -0.3 is 4.74 Å². The Morgan fingerprint density at radius 2 is 1.81 bits per heavy atom. The zero-order valence-corrected chi connectivity index (χ0v) is 13.9. The largest absolute Gasteiger partial charge is 0.481 e. The number of imide groups is 2. The van der Waals surface area contributed by atoms with Crippen LogP contribution in [0.1, 0.15) is 5.56 Å². The maximum atomic E-state index is 14.0. The fourth-order valence-corrected chi connectivity index (χ4v) is 2.46. The van der Waals surface area contributed by atoms with Gasteiger partial charge in [0.1, 0.15) is 23.7 Å². The van der Waals surface area contributed by atoms with Gasteiger partial charge in [0, 0.05) is 0 Å². The summed E-state index contributed by atoms with van der Waals surface area (Å²) in [5, 5.41) is 2.04. The molecule has 2 aromatic rings. The lowest BCUT2D eigenvalue weighted by atomic mass is 10.1. The van der Waals surface area contributed by atoms with Crippen LogP contribution in [0.3, 0.4) is 0 Å². The first kappa shape index (κ1) is 17.9. The molecule has 0 unspecified atom stereocenters. The average Bonchev–Trinajstić information content (AvgIpc) is 2.66. The summed E-state index contributed by atoms with van der Waals surface area (Å²) < 4.78 is 19.3. The van der Waals surface area contributed by atoms with Crippen molar-refractivity contribution in [3.63, 3.8) is 0 Å². The summed E-state index contributed by atoms with van der Waals surface area (Å²) in [6.07, 6.45) is 6.43. The minimum absolute atomic E-state index is 0.112. The molecular weight excluding hydrogens is 351 g/mol. The Morgan fingerprint density at radius 1 is 1.11 bits per heavy atom. The number of para-hydroxylation sites is 1. The number of amides is 4. The highest BCUT2D eigenvalue weighted by atomic mass is 19.1. The maximum Gasteiger partial charge on any atom is 0.336 e. The van der Waals surface area contributed by atoms with Crippen molar-refractivity contribution < 1.29 is 23.5 Å². The van der Waals surface area contributed by atoms with E-state index in [4.69, 9.17) is 11.2 Å². The summed E-state index contributed by atoms with van der Waals surface area (Å²) >= 11 is 0. The molecule has 2 aromatic carbocycles. The van der Waals surface area contributed by atoms with Gasteiger partial charge >= 0.3 is 6.03 Å². The molecule has 0 saturated carbocycles. The first-order chi connectivity index (χ1) is 13.0. The van der Waals surface area contributed by atoms with E-state index in [-0.39, 0.29) is 17.9 Å². The van der Waals surface area contributed by atoms with Crippen LogP contribution in [-0.2, 0) is 9.59 Å². The summed E-state index contributed by atoms with van der Waals surface area (Å²) in [5.41, 5.74) is -0.0176. The Balaban J connectivity index is 1.92. The second-order valence-electron chi connectivity index (χ2n) is 5.47. The summed E-state index contributed by atoms with van der Waals surface area (Å²) in [6.45, 7) is 0.112. The molecule has 27 heavy (non-hydrogen) atoms. The number of carbonyl (C=O) groups excluding carboxylic acids is 3. The molecule has 4 amide bonds. The number of hydrogen-bond donors (Lipinski definition) is 1. The third-order valence-electron chi connectivity index (χ3n) is 3.71. The van der Waals surface area contributed by atoms with E-state index in [1.165, 1.54) is 24.3 Å². The molecule has 0 aliphatic carbocycles. The van der Waals surface area contributed by atoms with Crippen LogP contribution in [0.15, 0.2) is 54.1 Å². The number of nitrogens with one attached hydrogen (secondary N) is 1. The summed E-state index contributed by atoms with van der Waals surface area (Å²) in [7, 11) is 0. The van der Waals surface area contributed by atoms with E-state index in [0.29, 0.717) is 16.2 Å². The molecule has 7 heteroatoms. The Bertz CT molecular complexity index is 990. The molecule has 134 valence electrons. The molecule has 0 bridgehead atoms. The Morgan fingerprint density at radius 3 is 2.48 bits per heavy atom. The highest BCUT2D eigenvalue weighted by Gasteiger charge is 2.37. The maximum absolute atomic E-state index is 14.0. The molecule has 1 saturated heterocycles. The number of carbonyl (C=O) groups is 3. The van der Waals surface area contributed by atoms with Crippen LogP contribution in [0.4, 0.5) is 14.9 Å². The second-order valence-corrected chi connectivity index (χ2v) is 5.47. The van der Waals surface area contributed by atoms with Crippen molar-refractivity contribution in [1.82, 2.24) is 5.32 Å². The number of rotatable bonds is 4. The minimum Gasteiger partial charge on any atom is -0.481 e. The molecule has 1 fully saturated rings. The van der Waals surface area contributed by atoms with E-state index in [9.17, 15) is 18.8 Å². The minimum atomic E-state index is -1.01. The molecule has 1 N–H and O–H groups in total. The van der Waals surface area contributed by atoms with E-state index < -0.39 is 23.7 Å². The summed E-state index contributed by atoms with van der Waals surface area (Å²) in [5.74, 6) is 0.332. The molecule has 0 spiro atoms. The van der Waals surface area contributed by atoms with Gasteiger partial charge in [-0.2, -0.15) is 0 Å². The number of anilines is 1. The fraction of sp³-hybridized carbons (Fsp3) is 0.0500. The van der Waals surface area contributed by atoms with Gasteiger partial charge in [0.25, 0.3) is 11.8 Å². The first-order valence-electron chi connectivity index (χ1n) is 7.83. The molecule has 0 atom stereocenters. The Kier molecular flexibility index (Phi) is 4.99. The molecule has 0 aromatic heterocycles. The van der Waals surface area contributed by atoms with Crippen LogP contribution in [-0.4, -0.2) is 24.5 Å². The molecule has 6 nitrogen and oxygen atoms in total. The molecule has 1 aliphatic heterocycles. The summed E-state index contributed by atoms with van der Waals surface area (Å²) in [4.78, 5) is 37.4. The van der Waals surface area contributed by atoms with Crippen molar-refractivity contribution in [1.29, 1.82) is 0 Å². The predicted octanol–water partition coefficient (Wildman–Crippen LogP) is 2.50. The summed E-state index contributed by atoms with van der Waals surface area (Å²) in [6, 6.07) is 10.8. The molecule has 1 aliphatic rings. The standard InChI is InChI=1S/C20H13FN2O4/c1-2-11-27-14-9-7-13(8-10-14)12-15-18(24)22-20(26)23(19(15)25)17-6-4-3-5-16(17)21/h1,3-10,12H,11H2,(H,22,24,26). The lowest BCUT2D eigenvalue weighted by molar-refractivity contribution is -0.122. The van der Waals surface area contributed by atoms with Crippen LogP contribution in [0, 0.1) is 18.2 Å². The number of hydrogen-bond acceptors (Lipinski definition) is 4. The lowest BCUT2D eigenvalue weighted by Crippen LogP contribution is -2.54. The van der Waals surface area contributed by atoms with Gasteiger partial charge in [-0.15, -0.1) is 6.42 Å². The van der Waals surface area contributed by atoms with Gasteiger partial charge in [0.2, 0.25) is 0 Å². The topological polar surface area (TPSA) is 75.7 Å². The number of ether oxygens (including phenoxy) is 1. The zero-order chi connectivity index (χ0) is 19.4. The van der Waals surface area contributed by atoms with Crippen molar-refractivity contribution in [3.05, 3.63) is 65.5 Å². The number of halogens is 1. The van der Waals surface area contributed by atoms with Gasteiger partial charge in [-0.25, -0.2) is 14.1 Å². The van der Waals surface area contributed by atoms with Crippen LogP contribution in [0.2, 0.25) is 0 Å². The smallest absolute Gasteiger partial charge is 0.336 e. The van der Waals surface area contributed by atoms with E-state index in [1.807, 2.05) is 5.32 Å². The quantitative estimate of drug-likeness (QED) is 0.514. The molecular formula is C20H13FN2O4. The normalized spacial score (nSPS) is 15.5. The molecule has 3 rings (SSSR count). The van der Waals surface area contributed by atoms with Crippen molar-refractivity contribution in [2.45, 2.75) is 0 Å². The van der Waals surface area contributed by atoms with Gasteiger partial charge in [-0.3, -0.25) is 14.9 Å². The van der Waals surface area contributed by atoms with Crippen LogP contribution >= 0.6 is 0 Å². The van der Waals surface area contributed by atoms with Crippen molar-refractivity contribution in [3.8, 4) is 18.1 Å². The van der Waals surface area contributed by atoms with Gasteiger partial charge in [-0.05, 0) is 35.9 Å². The van der Waals surface area contributed by atoms with Crippen LogP contribution in [0.25, 0.3) is 6.08 Å². The van der Waals surface area contributed by atoms with E-state index in [1.54, 1.807) is 24.3 Å². The number of terminal acetylenes is 1. The second kappa shape index (κ2) is 7.54. The van der Waals surface area contributed by atoms with Gasteiger partial charge in [0.05, 0.1) is 5.69 Å². The van der Waals surface area contributed by atoms with Crippen LogP contribution < -0.4 is 15.0 Å². The van der Waals surface area contributed by atoms with Gasteiger partial charge in [-0.1, -0.05) is 30.2 Å². The Hall–Kier alpha value is -3.92. The number of benzene rings is 2. The number of nitrogens with zero attached hydrogens (tertiary/aromatic N) is 1. The predicted molar refractivity (Wildman–Crippen MR) is 96.2 cm³/mol. The monoisotopic (exact) mass is 364 g/mol. The number of barbiturate groups is 1. The van der Waals surface area contributed by atoms with E-state index in [2.05, 4.69) is 5.92 Å². The van der Waals surface area contributed by atoms with E-state index >= 15 is 0 Å². The highest BCUT2D eigenvalue weighted by molar-refractivity contribution is 6.39. The van der Waals surface area contributed by atoms with Crippen LogP contribution in [0.5, 0.6) is 5.75 Å². The highest BCUT2D eigenvalue weighted by Crippen LogP contribution is 2.24. The molecule has 1 heterocycles. The third kappa shape index (κ3) is 3.70. The van der Waals surface area contributed by atoms with Gasteiger partial charge in [0.15, 0.2) is 0 Å². The molecule has 0 radical (unpaired) electrons. The average molecular weight is 364 g/mol.